The molecule has 10 heteroatoms. The lowest BCUT2D eigenvalue weighted by atomic mass is 9.88. The van der Waals surface area contributed by atoms with Crippen LogP contribution in [0, 0.1) is 10.1 Å². The molecule has 1 aromatic heterocycles. The quantitative estimate of drug-likeness (QED) is 0.366. The van der Waals surface area contributed by atoms with Crippen molar-refractivity contribution in [2.75, 3.05) is 18.0 Å². The number of nitrogens with one attached hydrogen (secondary N) is 1. The number of nitro benzene ring substituents is 1. The van der Waals surface area contributed by atoms with Crippen molar-refractivity contribution in [3.8, 4) is 5.75 Å². The number of nitrogens with zero attached hydrogens (tertiary/aromatic N) is 3. The standard InChI is InChI=1S/C16H16N4O6/c21-15-4-3-14(17-18-15)19-7-5-10(6-8-19)12-9-11(20(24)25)1-2-13(12)26-16(22)23/h1-4,9-10H,5-8H2,(H,18,21)(H,22,23). The second-order valence-corrected chi connectivity index (χ2v) is 5.89. The summed E-state index contributed by atoms with van der Waals surface area (Å²) in [4.78, 5) is 34.5. The summed E-state index contributed by atoms with van der Waals surface area (Å²) in [6.45, 7) is 1.22. The highest BCUT2D eigenvalue weighted by Gasteiger charge is 2.26. The zero-order valence-corrected chi connectivity index (χ0v) is 13.6. The fourth-order valence-corrected chi connectivity index (χ4v) is 3.09. The van der Waals surface area contributed by atoms with Crippen LogP contribution in [0.2, 0.25) is 0 Å². The third-order valence-corrected chi connectivity index (χ3v) is 4.32. The minimum Gasteiger partial charge on any atom is -0.449 e. The lowest BCUT2D eigenvalue weighted by Gasteiger charge is -2.33. The number of benzene rings is 1. The van der Waals surface area contributed by atoms with E-state index in [0.29, 0.717) is 37.3 Å². The highest BCUT2D eigenvalue weighted by atomic mass is 16.7. The van der Waals surface area contributed by atoms with Crippen molar-refractivity contribution in [2.45, 2.75) is 18.8 Å². The van der Waals surface area contributed by atoms with E-state index in [9.17, 15) is 19.7 Å². The molecule has 0 radical (unpaired) electrons. The molecule has 0 saturated carbocycles. The number of nitro groups is 1. The zero-order chi connectivity index (χ0) is 18.7. The maximum absolute atomic E-state index is 11.1. The Morgan fingerprint density at radius 2 is 2.04 bits per heavy atom. The molecule has 1 aromatic carbocycles. The molecule has 136 valence electrons. The molecule has 2 heterocycles. The number of carboxylic acid groups (broad SMARTS) is 1. The van der Waals surface area contributed by atoms with Crippen LogP contribution in [-0.4, -0.2) is 39.5 Å². The Labute approximate surface area is 147 Å². The van der Waals surface area contributed by atoms with Gasteiger partial charge in [-0.1, -0.05) is 0 Å². The zero-order valence-electron chi connectivity index (χ0n) is 13.6. The maximum Gasteiger partial charge on any atom is 0.511 e. The number of rotatable bonds is 4. The molecular weight excluding hydrogens is 344 g/mol. The van der Waals surface area contributed by atoms with Gasteiger partial charge in [0.05, 0.1) is 4.92 Å². The predicted molar refractivity (Wildman–Crippen MR) is 90.8 cm³/mol. The van der Waals surface area contributed by atoms with Crippen LogP contribution < -0.4 is 15.2 Å². The van der Waals surface area contributed by atoms with Crippen LogP contribution in [0.25, 0.3) is 0 Å². The van der Waals surface area contributed by atoms with Crippen LogP contribution in [-0.2, 0) is 0 Å². The number of aromatic nitrogens is 2. The van der Waals surface area contributed by atoms with Crippen LogP contribution in [0.4, 0.5) is 16.3 Å². The molecule has 1 aliphatic heterocycles. The molecule has 0 bridgehead atoms. The van der Waals surface area contributed by atoms with Gasteiger partial charge in [-0.2, -0.15) is 5.10 Å². The molecule has 0 spiro atoms. The summed E-state index contributed by atoms with van der Waals surface area (Å²) in [5.74, 6) is 0.677. The fraction of sp³-hybridized carbons (Fsp3) is 0.312. The molecule has 26 heavy (non-hydrogen) atoms. The molecular formula is C16H16N4O6. The van der Waals surface area contributed by atoms with E-state index >= 15 is 0 Å². The average molecular weight is 360 g/mol. The Hall–Kier alpha value is -3.43. The van der Waals surface area contributed by atoms with Gasteiger partial charge in [-0.05, 0) is 30.9 Å². The lowest BCUT2D eigenvalue weighted by Crippen LogP contribution is -2.34. The van der Waals surface area contributed by atoms with Gasteiger partial charge in [0.1, 0.15) is 11.6 Å². The predicted octanol–water partition coefficient (Wildman–Crippen LogP) is 2.12. The molecule has 1 fully saturated rings. The third kappa shape index (κ3) is 3.79. The number of carbonyl (C=O) groups is 1. The molecule has 0 atom stereocenters. The molecule has 3 rings (SSSR count). The first-order valence-electron chi connectivity index (χ1n) is 7.94. The number of hydrogen-bond acceptors (Lipinski definition) is 7. The first kappa shape index (κ1) is 17.4. The van der Waals surface area contributed by atoms with Crippen molar-refractivity contribution in [1.82, 2.24) is 10.2 Å². The lowest BCUT2D eigenvalue weighted by molar-refractivity contribution is -0.385. The van der Waals surface area contributed by atoms with Crippen molar-refractivity contribution in [2.24, 2.45) is 0 Å². The van der Waals surface area contributed by atoms with Crippen LogP contribution in [0.1, 0.15) is 24.3 Å². The summed E-state index contributed by atoms with van der Waals surface area (Å²) in [6, 6.07) is 6.94. The second-order valence-electron chi connectivity index (χ2n) is 5.89. The SMILES string of the molecule is O=C(O)Oc1ccc([N+](=O)[O-])cc1C1CCN(c2ccc(=O)[nH]n2)CC1. The van der Waals surface area contributed by atoms with Crippen molar-refractivity contribution in [1.29, 1.82) is 0 Å². The smallest absolute Gasteiger partial charge is 0.449 e. The number of anilines is 1. The van der Waals surface area contributed by atoms with Gasteiger partial charge in [-0.3, -0.25) is 14.9 Å². The number of hydrogen-bond donors (Lipinski definition) is 2. The van der Waals surface area contributed by atoms with E-state index in [1.54, 1.807) is 6.07 Å². The number of H-pyrrole nitrogens is 1. The highest BCUT2D eigenvalue weighted by molar-refractivity contribution is 5.63. The number of piperidine rings is 1. The summed E-state index contributed by atoms with van der Waals surface area (Å²) < 4.78 is 4.79. The molecule has 0 amide bonds. The monoisotopic (exact) mass is 360 g/mol. The molecule has 0 aliphatic carbocycles. The normalized spacial score (nSPS) is 14.8. The molecule has 2 N–H and O–H groups in total. The Balaban J connectivity index is 1.80. The first-order valence-corrected chi connectivity index (χ1v) is 7.94. The van der Waals surface area contributed by atoms with Gasteiger partial charge < -0.3 is 14.7 Å². The molecule has 1 aliphatic rings. The van der Waals surface area contributed by atoms with E-state index < -0.39 is 11.1 Å². The largest absolute Gasteiger partial charge is 0.511 e. The minimum atomic E-state index is -1.46. The minimum absolute atomic E-state index is 0.0803. The van der Waals surface area contributed by atoms with E-state index in [1.165, 1.54) is 24.3 Å². The van der Waals surface area contributed by atoms with Crippen LogP contribution in [0.5, 0.6) is 5.75 Å². The van der Waals surface area contributed by atoms with Crippen molar-refractivity contribution in [3.63, 3.8) is 0 Å². The Morgan fingerprint density at radius 1 is 1.31 bits per heavy atom. The molecule has 2 aromatic rings. The van der Waals surface area contributed by atoms with Gasteiger partial charge in [0.15, 0.2) is 0 Å². The van der Waals surface area contributed by atoms with Crippen molar-refractivity contribution >= 4 is 17.7 Å². The van der Waals surface area contributed by atoms with Crippen molar-refractivity contribution in [3.05, 3.63) is 56.4 Å². The van der Waals surface area contributed by atoms with Gasteiger partial charge in [0.25, 0.3) is 11.2 Å². The first-order chi connectivity index (χ1) is 12.4. The van der Waals surface area contributed by atoms with Gasteiger partial charge in [0.2, 0.25) is 0 Å². The van der Waals surface area contributed by atoms with E-state index in [0.717, 1.165) is 0 Å². The average Bonchev–Trinajstić information content (AvgIpc) is 2.62. The van der Waals surface area contributed by atoms with E-state index in [4.69, 9.17) is 9.84 Å². The van der Waals surface area contributed by atoms with Gasteiger partial charge in [0, 0.05) is 36.9 Å². The number of non-ortho nitro benzene ring substituents is 1. The van der Waals surface area contributed by atoms with Gasteiger partial charge in [-0.25, -0.2) is 9.89 Å². The number of ether oxygens (including phenoxy) is 1. The highest BCUT2D eigenvalue weighted by Crippen LogP contribution is 2.37. The summed E-state index contributed by atoms with van der Waals surface area (Å²) in [5.41, 5.74) is 0.119. The Morgan fingerprint density at radius 3 is 2.62 bits per heavy atom. The topological polar surface area (TPSA) is 139 Å². The van der Waals surface area contributed by atoms with Crippen molar-refractivity contribution < 1.29 is 19.6 Å². The summed E-state index contributed by atoms with van der Waals surface area (Å²) >= 11 is 0. The van der Waals surface area contributed by atoms with Crippen LogP contribution >= 0.6 is 0 Å². The van der Waals surface area contributed by atoms with Gasteiger partial charge >= 0.3 is 6.16 Å². The maximum atomic E-state index is 11.1. The Kier molecular flexibility index (Phi) is 4.83. The van der Waals surface area contributed by atoms with E-state index in [1.807, 2.05) is 4.90 Å². The van der Waals surface area contributed by atoms with E-state index in [-0.39, 0.29) is 22.9 Å². The second kappa shape index (κ2) is 7.21. The number of aromatic amines is 1. The van der Waals surface area contributed by atoms with Crippen LogP contribution in [0.15, 0.2) is 35.1 Å². The molecule has 0 unspecified atom stereocenters. The fourth-order valence-electron chi connectivity index (χ4n) is 3.09. The summed E-state index contributed by atoms with van der Waals surface area (Å²) in [5, 5.41) is 26.3. The van der Waals surface area contributed by atoms with E-state index in [2.05, 4.69) is 10.2 Å². The van der Waals surface area contributed by atoms with Gasteiger partial charge in [-0.15, -0.1) is 0 Å². The van der Waals surface area contributed by atoms with Crippen LogP contribution in [0.3, 0.4) is 0 Å². The Bertz CT molecular complexity index is 868. The summed E-state index contributed by atoms with van der Waals surface area (Å²) in [6.07, 6.45) is -0.189. The molecule has 10 nitrogen and oxygen atoms in total. The summed E-state index contributed by atoms with van der Waals surface area (Å²) in [7, 11) is 0. The third-order valence-electron chi connectivity index (χ3n) is 4.32. The molecule has 1 saturated heterocycles.